The van der Waals surface area contributed by atoms with Crippen molar-refractivity contribution < 1.29 is 9.90 Å². The summed E-state index contributed by atoms with van der Waals surface area (Å²) in [5, 5.41) is 9.55. The van der Waals surface area contributed by atoms with E-state index in [-0.39, 0.29) is 12.0 Å². The van der Waals surface area contributed by atoms with Crippen LogP contribution >= 0.6 is 15.9 Å². The Hall–Kier alpha value is -0.870. The number of nitrogens with zero attached hydrogens (tertiary/aromatic N) is 1. The van der Waals surface area contributed by atoms with Gasteiger partial charge < -0.3 is 10.0 Å². The second kappa shape index (κ2) is 6.53. The van der Waals surface area contributed by atoms with E-state index in [1.54, 1.807) is 0 Å². The van der Waals surface area contributed by atoms with Gasteiger partial charge in [-0.2, -0.15) is 0 Å². The molecule has 0 amide bonds. The molecule has 0 fully saturated rings. The van der Waals surface area contributed by atoms with E-state index >= 15 is 0 Å². The van der Waals surface area contributed by atoms with Crippen molar-refractivity contribution >= 4 is 21.9 Å². The zero-order valence-corrected chi connectivity index (χ0v) is 13.7. The molecule has 106 valence electrons. The molecule has 0 saturated carbocycles. The van der Waals surface area contributed by atoms with Gasteiger partial charge >= 0.3 is 5.97 Å². The number of carboxylic acids is 1. The maximum atomic E-state index is 11.6. The lowest BCUT2D eigenvalue weighted by atomic mass is 9.82. The van der Waals surface area contributed by atoms with Crippen LogP contribution in [-0.4, -0.2) is 30.1 Å². The van der Waals surface area contributed by atoms with Crippen LogP contribution in [0.3, 0.4) is 0 Å². The van der Waals surface area contributed by atoms with Gasteiger partial charge in [0.25, 0.3) is 0 Å². The predicted octanol–water partition coefficient (Wildman–Crippen LogP) is 3.72. The molecule has 2 unspecified atom stereocenters. The number of hydrogen-bond acceptors (Lipinski definition) is 2. The topological polar surface area (TPSA) is 40.5 Å². The van der Waals surface area contributed by atoms with Gasteiger partial charge in [0, 0.05) is 10.5 Å². The zero-order chi connectivity index (χ0) is 14.7. The van der Waals surface area contributed by atoms with Gasteiger partial charge in [0.15, 0.2) is 0 Å². The fourth-order valence-electron chi connectivity index (χ4n) is 2.51. The fraction of sp³-hybridized carbons (Fsp3) is 0.533. The Morgan fingerprint density at radius 2 is 1.89 bits per heavy atom. The molecule has 0 spiro atoms. The third-order valence-corrected chi connectivity index (χ3v) is 3.95. The number of carboxylic acid groups (broad SMARTS) is 1. The van der Waals surface area contributed by atoms with E-state index in [1.165, 1.54) is 0 Å². The number of benzene rings is 1. The van der Waals surface area contributed by atoms with E-state index in [2.05, 4.69) is 15.9 Å². The van der Waals surface area contributed by atoms with Crippen molar-refractivity contribution in [3.63, 3.8) is 0 Å². The lowest BCUT2D eigenvalue weighted by Crippen LogP contribution is -2.36. The van der Waals surface area contributed by atoms with Crippen LogP contribution in [0, 0.1) is 18.8 Å². The second-order valence-electron chi connectivity index (χ2n) is 5.52. The smallest absolute Gasteiger partial charge is 0.308 e. The number of aryl methyl sites for hydroxylation is 1. The van der Waals surface area contributed by atoms with Crippen molar-refractivity contribution in [1.29, 1.82) is 0 Å². The van der Waals surface area contributed by atoms with Gasteiger partial charge in [-0.3, -0.25) is 4.79 Å². The number of halogens is 1. The molecule has 0 saturated heterocycles. The number of aliphatic carboxylic acids is 1. The van der Waals surface area contributed by atoms with E-state index in [0.29, 0.717) is 0 Å². The van der Waals surface area contributed by atoms with E-state index in [1.807, 2.05) is 58.0 Å². The Kier molecular flexibility index (Phi) is 5.56. The SMILES string of the molecule is Cc1ccc(Br)cc1C(C(C(=O)O)C(C)C)N(C)C. The number of rotatable bonds is 5. The van der Waals surface area contributed by atoms with Crippen LogP contribution in [0.2, 0.25) is 0 Å². The summed E-state index contributed by atoms with van der Waals surface area (Å²) >= 11 is 3.47. The first-order valence-electron chi connectivity index (χ1n) is 6.41. The highest BCUT2D eigenvalue weighted by atomic mass is 79.9. The van der Waals surface area contributed by atoms with E-state index in [9.17, 15) is 9.90 Å². The van der Waals surface area contributed by atoms with E-state index in [4.69, 9.17) is 0 Å². The van der Waals surface area contributed by atoms with Crippen molar-refractivity contribution in [2.24, 2.45) is 11.8 Å². The lowest BCUT2D eigenvalue weighted by Gasteiger charge is -2.33. The van der Waals surface area contributed by atoms with Crippen molar-refractivity contribution in [2.75, 3.05) is 14.1 Å². The van der Waals surface area contributed by atoms with Gasteiger partial charge in [0.1, 0.15) is 0 Å². The summed E-state index contributed by atoms with van der Waals surface area (Å²) in [5.74, 6) is -1.10. The van der Waals surface area contributed by atoms with Gasteiger partial charge in [-0.15, -0.1) is 0 Å². The molecule has 1 N–H and O–H groups in total. The molecule has 1 rings (SSSR count). The third-order valence-electron chi connectivity index (χ3n) is 3.46. The second-order valence-corrected chi connectivity index (χ2v) is 6.43. The van der Waals surface area contributed by atoms with E-state index < -0.39 is 11.9 Å². The molecule has 3 nitrogen and oxygen atoms in total. The molecule has 1 aromatic rings. The molecular weight excluding hydrogens is 306 g/mol. The Labute approximate surface area is 123 Å². The first-order chi connectivity index (χ1) is 8.75. The highest BCUT2D eigenvalue weighted by Crippen LogP contribution is 2.35. The Morgan fingerprint density at radius 1 is 1.32 bits per heavy atom. The standard InChI is InChI=1S/C15H22BrNO2/c1-9(2)13(15(18)19)14(17(4)5)12-8-11(16)7-6-10(12)3/h6-9,13-14H,1-5H3,(H,18,19). The minimum Gasteiger partial charge on any atom is -0.481 e. The molecule has 0 aliphatic heterocycles. The van der Waals surface area contributed by atoms with E-state index in [0.717, 1.165) is 15.6 Å². The molecule has 0 aromatic heterocycles. The molecule has 4 heteroatoms. The minimum absolute atomic E-state index is 0.0725. The summed E-state index contributed by atoms with van der Waals surface area (Å²) in [7, 11) is 3.87. The predicted molar refractivity (Wildman–Crippen MR) is 81.3 cm³/mol. The van der Waals surface area contributed by atoms with Crippen molar-refractivity contribution in [3.05, 3.63) is 33.8 Å². The average molecular weight is 328 g/mol. The third kappa shape index (κ3) is 3.80. The summed E-state index contributed by atoms with van der Waals surface area (Å²) in [6, 6.07) is 5.90. The van der Waals surface area contributed by atoms with Gasteiger partial charge in [-0.05, 0) is 50.2 Å². The summed E-state index contributed by atoms with van der Waals surface area (Å²) in [6.07, 6.45) is 0. The molecule has 0 heterocycles. The Morgan fingerprint density at radius 3 is 2.32 bits per heavy atom. The molecule has 0 radical (unpaired) electrons. The molecule has 2 atom stereocenters. The van der Waals surface area contributed by atoms with Gasteiger partial charge in [-0.1, -0.05) is 35.8 Å². The maximum absolute atomic E-state index is 11.6. The lowest BCUT2D eigenvalue weighted by molar-refractivity contribution is -0.146. The highest BCUT2D eigenvalue weighted by Gasteiger charge is 2.34. The Balaban J connectivity index is 3.34. The molecule has 1 aromatic carbocycles. The van der Waals surface area contributed by atoms with Crippen LogP contribution in [0.1, 0.15) is 31.0 Å². The quantitative estimate of drug-likeness (QED) is 0.896. The Bertz CT molecular complexity index is 457. The normalized spacial score (nSPS) is 14.7. The van der Waals surface area contributed by atoms with Crippen molar-refractivity contribution in [1.82, 2.24) is 4.90 Å². The number of hydrogen-bond donors (Lipinski definition) is 1. The first kappa shape index (κ1) is 16.2. The van der Waals surface area contributed by atoms with Crippen molar-refractivity contribution in [3.8, 4) is 0 Å². The number of carbonyl (C=O) groups is 1. The summed E-state index contributed by atoms with van der Waals surface area (Å²) < 4.78 is 0.979. The molecule has 0 aliphatic carbocycles. The van der Waals surface area contributed by atoms with Crippen LogP contribution in [0.25, 0.3) is 0 Å². The zero-order valence-electron chi connectivity index (χ0n) is 12.1. The summed E-state index contributed by atoms with van der Waals surface area (Å²) in [6.45, 7) is 5.95. The minimum atomic E-state index is -0.743. The molecular formula is C15H22BrNO2. The molecule has 0 bridgehead atoms. The monoisotopic (exact) mass is 327 g/mol. The average Bonchev–Trinajstić information content (AvgIpc) is 2.27. The first-order valence-corrected chi connectivity index (χ1v) is 7.20. The van der Waals surface area contributed by atoms with Crippen LogP contribution in [0.15, 0.2) is 22.7 Å². The fourth-order valence-corrected chi connectivity index (χ4v) is 2.89. The summed E-state index contributed by atoms with van der Waals surface area (Å²) in [5.41, 5.74) is 2.19. The van der Waals surface area contributed by atoms with Crippen molar-refractivity contribution in [2.45, 2.75) is 26.8 Å². The molecule has 19 heavy (non-hydrogen) atoms. The van der Waals surface area contributed by atoms with Crippen LogP contribution in [-0.2, 0) is 4.79 Å². The van der Waals surface area contributed by atoms with Gasteiger partial charge in [0.2, 0.25) is 0 Å². The summed E-state index contributed by atoms with van der Waals surface area (Å²) in [4.78, 5) is 13.6. The van der Waals surface area contributed by atoms with Gasteiger partial charge in [0.05, 0.1) is 5.92 Å². The maximum Gasteiger partial charge on any atom is 0.308 e. The van der Waals surface area contributed by atoms with Gasteiger partial charge in [-0.25, -0.2) is 0 Å². The van der Waals surface area contributed by atoms with Crippen LogP contribution in [0.4, 0.5) is 0 Å². The molecule has 0 aliphatic rings. The van der Waals surface area contributed by atoms with Crippen LogP contribution < -0.4 is 0 Å². The van der Waals surface area contributed by atoms with Crippen LogP contribution in [0.5, 0.6) is 0 Å². The largest absolute Gasteiger partial charge is 0.481 e. The highest BCUT2D eigenvalue weighted by molar-refractivity contribution is 9.10.